The molecule has 0 aliphatic rings. The Bertz CT molecular complexity index is 744. The van der Waals surface area contributed by atoms with Crippen LogP contribution in [0.3, 0.4) is 0 Å². The predicted octanol–water partition coefficient (Wildman–Crippen LogP) is 2.76. The Hall–Kier alpha value is -3.02. The molecular weight excluding hydrogens is 332 g/mol. The van der Waals surface area contributed by atoms with Crippen LogP contribution in [-0.4, -0.2) is 32.6 Å². The van der Waals surface area contributed by atoms with Gasteiger partial charge < -0.3 is 19.7 Å². The molecule has 138 valence electrons. The maximum atomic E-state index is 12.2. The zero-order chi connectivity index (χ0) is 18.9. The van der Waals surface area contributed by atoms with E-state index in [0.29, 0.717) is 18.8 Å². The first-order valence-electron chi connectivity index (χ1n) is 8.36. The summed E-state index contributed by atoms with van der Waals surface area (Å²) in [5.41, 5.74) is 1.64. The molecule has 0 heterocycles. The number of nitrogens with zero attached hydrogens (tertiary/aromatic N) is 1. The molecule has 0 saturated heterocycles. The van der Waals surface area contributed by atoms with E-state index in [1.807, 2.05) is 24.3 Å². The topological polar surface area (TPSA) is 67.9 Å². The molecule has 0 saturated carbocycles. The van der Waals surface area contributed by atoms with Crippen LogP contribution in [0, 0.1) is 0 Å². The van der Waals surface area contributed by atoms with Crippen molar-refractivity contribution in [1.29, 1.82) is 0 Å². The van der Waals surface area contributed by atoms with Crippen molar-refractivity contribution >= 4 is 17.5 Å². The average Bonchev–Trinajstić information content (AvgIpc) is 2.67. The summed E-state index contributed by atoms with van der Waals surface area (Å²) in [7, 11) is 3.18. The fourth-order valence-electron chi connectivity index (χ4n) is 2.58. The maximum Gasteiger partial charge on any atom is 0.223 e. The van der Waals surface area contributed by atoms with Gasteiger partial charge in [-0.3, -0.25) is 9.59 Å². The molecular formula is C20H24N2O4. The monoisotopic (exact) mass is 356 g/mol. The van der Waals surface area contributed by atoms with E-state index in [2.05, 4.69) is 5.32 Å². The maximum absolute atomic E-state index is 12.2. The van der Waals surface area contributed by atoms with Crippen molar-refractivity contribution in [2.75, 3.05) is 25.7 Å². The summed E-state index contributed by atoms with van der Waals surface area (Å²) in [6, 6.07) is 14.7. The van der Waals surface area contributed by atoms with Crippen molar-refractivity contribution < 1.29 is 19.1 Å². The van der Waals surface area contributed by atoms with Crippen molar-refractivity contribution in [3.63, 3.8) is 0 Å². The van der Waals surface area contributed by atoms with Crippen LogP contribution in [0.25, 0.3) is 0 Å². The average molecular weight is 356 g/mol. The fraction of sp³-hybridized carbons (Fsp3) is 0.300. The minimum atomic E-state index is -0.129. The van der Waals surface area contributed by atoms with E-state index >= 15 is 0 Å². The molecule has 2 aromatic carbocycles. The van der Waals surface area contributed by atoms with Crippen molar-refractivity contribution in [3.05, 3.63) is 54.1 Å². The summed E-state index contributed by atoms with van der Waals surface area (Å²) >= 11 is 0. The van der Waals surface area contributed by atoms with Gasteiger partial charge in [-0.05, 0) is 30.3 Å². The van der Waals surface area contributed by atoms with Gasteiger partial charge in [-0.15, -0.1) is 0 Å². The van der Waals surface area contributed by atoms with Crippen LogP contribution in [0.5, 0.6) is 11.5 Å². The minimum absolute atomic E-state index is 0.118. The predicted molar refractivity (Wildman–Crippen MR) is 100 cm³/mol. The van der Waals surface area contributed by atoms with Gasteiger partial charge in [-0.2, -0.15) is 0 Å². The van der Waals surface area contributed by atoms with E-state index in [1.54, 1.807) is 43.4 Å². The van der Waals surface area contributed by atoms with E-state index in [1.165, 1.54) is 6.92 Å². The van der Waals surface area contributed by atoms with Gasteiger partial charge in [0.1, 0.15) is 11.5 Å². The third-order valence-electron chi connectivity index (χ3n) is 4.00. The summed E-state index contributed by atoms with van der Waals surface area (Å²) in [6.45, 7) is 2.17. The summed E-state index contributed by atoms with van der Waals surface area (Å²) in [6.07, 6.45) is 0.209. The standard InChI is InChI=1S/C20H24N2O4/c1-15(23)22(17-8-10-18(25-2)11-9-17)13-12-20(24)21-14-16-6-4-5-7-19(16)26-3/h4-11H,12-14H2,1-3H3,(H,21,24). The van der Waals surface area contributed by atoms with E-state index in [9.17, 15) is 9.59 Å². The fourth-order valence-corrected chi connectivity index (χ4v) is 2.58. The first-order valence-corrected chi connectivity index (χ1v) is 8.36. The quantitative estimate of drug-likeness (QED) is 0.790. The number of hydrogen-bond donors (Lipinski definition) is 1. The third-order valence-corrected chi connectivity index (χ3v) is 4.00. The van der Waals surface area contributed by atoms with Gasteiger partial charge in [0, 0.05) is 37.7 Å². The number of amides is 2. The number of anilines is 1. The highest BCUT2D eigenvalue weighted by atomic mass is 16.5. The normalized spacial score (nSPS) is 10.1. The number of methoxy groups -OCH3 is 2. The Labute approximate surface area is 153 Å². The van der Waals surface area contributed by atoms with E-state index in [4.69, 9.17) is 9.47 Å². The van der Waals surface area contributed by atoms with Crippen molar-refractivity contribution in [3.8, 4) is 11.5 Å². The Morgan fingerprint density at radius 2 is 1.69 bits per heavy atom. The first kappa shape index (κ1) is 19.3. The number of benzene rings is 2. The Morgan fingerprint density at radius 1 is 1.00 bits per heavy atom. The molecule has 0 bridgehead atoms. The summed E-state index contributed by atoms with van der Waals surface area (Å²) in [4.78, 5) is 25.7. The molecule has 6 heteroatoms. The molecule has 0 aliphatic carbocycles. The van der Waals surface area contributed by atoms with E-state index in [-0.39, 0.29) is 18.2 Å². The zero-order valence-corrected chi connectivity index (χ0v) is 15.3. The number of para-hydroxylation sites is 1. The molecule has 2 rings (SSSR count). The van der Waals surface area contributed by atoms with Gasteiger partial charge in [-0.1, -0.05) is 18.2 Å². The van der Waals surface area contributed by atoms with Gasteiger partial charge in [0.2, 0.25) is 11.8 Å². The van der Waals surface area contributed by atoms with Gasteiger partial charge in [-0.25, -0.2) is 0 Å². The van der Waals surface area contributed by atoms with E-state index < -0.39 is 0 Å². The van der Waals surface area contributed by atoms with Gasteiger partial charge in [0.25, 0.3) is 0 Å². The van der Waals surface area contributed by atoms with Gasteiger partial charge >= 0.3 is 0 Å². The molecule has 0 radical (unpaired) electrons. The van der Waals surface area contributed by atoms with Gasteiger partial charge in [0.15, 0.2) is 0 Å². The minimum Gasteiger partial charge on any atom is -0.497 e. The molecule has 6 nitrogen and oxygen atoms in total. The highest BCUT2D eigenvalue weighted by Gasteiger charge is 2.14. The van der Waals surface area contributed by atoms with Crippen LogP contribution in [0.4, 0.5) is 5.69 Å². The highest BCUT2D eigenvalue weighted by Crippen LogP contribution is 2.20. The summed E-state index contributed by atoms with van der Waals surface area (Å²) in [5.74, 6) is 1.20. The Morgan fingerprint density at radius 3 is 2.31 bits per heavy atom. The van der Waals surface area contributed by atoms with E-state index in [0.717, 1.165) is 17.0 Å². The lowest BCUT2D eigenvalue weighted by molar-refractivity contribution is -0.121. The van der Waals surface area contributed by atoms with Crippen molar-refractivity contribution in [1.82, 2.24) is 5.32 Å². The third kappa shape index (κ3) is 5.24. The molecule has 0 spiro atoms. The molecule has 2 aromatic rings. The van der Waals surface area contributed by atoms with Crippen LogP contribution >= 0.6 is 0 Å². The van der Waals surface area contributed by atoms with Crippen LogP contribution in [0.15, 0.2) is 48.5 Å². The molecule has 0 aromatic heterocycles. The number of hydrogen-bond acceptors (Lipinski definition) is 4. The number of carbonyl (C=O) groups excluding carboxylic acids is 2. The second-order valence-electron chi connectivity index (χ2n) is 5.71. The molecule has 0 fully saturated rings. The number of carbonyl (C=O) groups is 2. The smallest absolute Gasteiger partial charge is 0.223 e. The Kier molecular flexibility index (Phi) is 7.02. The summed E-state index contributed by atoms with van der Waals surface area (Å²) < 4.78 is 10.4. The second kappa shape index (κ2) is 9.46. The second-order valence-corrected chi connectivity index (χ2v) is 5.71. The lowest BCUT2D eigenvalue weighted by atomic mass is 10.2. The summed E-state index contributed by atoms with van der Waals surface area (Å²) in [5, 5.41) is 2.86. The number of nitrogens with one attached hydrogen (secondary N) is 1. The Balaban J connectivity index is 1.91. The molecule has 0 unspecified atom stereocenters. The number of rotatable bonds is 8. The van der Waals surface area contributed by atoms with Crippen LogP contribution < -0.4 is 19.7 Å². The molecule has 26 heavy (non-hydrogen) atoms. The molecule has 0 atom stereocenters. The van der Waals surface area contributed by atoms with Crippen LogP contribution in [0.2, 0.25) is 0 Å². The lowest BCUT2D eigenvalue weighted by Crippen LogP contribution is -2.33. The van der Waals surface area contributed by atoms with Crippen LogP contribution in [0.1, 0.15) is 18.9 Å². The van der Waals surface area contributed by atoms with Gasteiger partial charge in [0.05, 0.1) is 14.2 Å². The van der Waals surface area contributed by atoms with Crippen LogP contribution in [-0.2, 0) is 16.1 Å². The van der Waals surface area contributed by atoms with Crippen molar-refractivity contribution in [2.45, 2.75) is 19.9 Å². The largest absolute Gasteiger partial charge is 0.497 e. The lowest BCUT2D eigenvalue weighted by Gasteiger charge is -2.21. The zero-order valence-electron chi connectivity index (χ0n) is 15.3. The first-order chi connectivity index (χ1) is 12.5. The SMILES string of the molecule is COc1ccc(N(CCC(=O)NCc2ccccc2OC)C(C)=O)cc1. The molecule has 0 aliphatic heterocycles. The van der Waals surface area contributed by atoms with Crippen molar-refractivity contribution in [2.24, 2.45) is 0 Å². The molecule has 1 N–H and O–H groups in total. The highest BCUT2D eigenvalue weighted by molar-refractivity contribution is 5.92. The number of ether oxygens (including phenoxy) is 2. The molecule has 2 amide bonds.